The lowest BCUT2D eigenvalue weighted by Gasteiger charge is -2.22. The van der Waals surface area contributed by atoms with Gasteiger partial charge < -0.3 is 14.3 Å². The van der Waals surface area contributed by atoms with Crippen LogP contribution in [0.15, 0.2) is 34.9 Å². The molecule has 0 spiro atoms. The molecule has 0 aliphatic carbocycles. The highest BCUT2D eigenvalue weighted by Gasteiger charge is 2.33. The summed E-state index contributed by atoms with van der Waals surface area (Å²) in [6.45, 7) is 3.47. The molecule has 0 saturated carbocycles. The van der Waals surface area contributed by atoms with Gasteiger partial charge in [-0.15, -0.1) is 0 Å². The molecule has 1 fully saturated rings. The van der Waals surface area contributed by atoms with Gasteiger partial charge in [0.25, 0.3) is 5.91 Å². The van der Waals surface area contributed by atoms with Crippen molar-refractivity contribution in [3.05, 3.63) is 47.6 Å². The van der Waals surface area contributed by atoms with Gasteiger partial charge in [-0.05, 0) is 31.4 Å². The molecule has 27 heavy (non-hydrogen) atoms. The first kappa shape index (κ1) is 19.1. The van der Waals surface area contributed by atoms with Gasteiger partial charge in [-0.25, -0.2) is 0 Å². The Balaban J connectivity index is 1.63. The Morgan fingerprint density at radius 2 is 2.07 bits per heavy atom. The van der Waals surface area contributed by atoms with Crippen molar-refractivity contribution in [2.75, 3.05) is 20.1 Å². The highest BCUT2D eigenvalue weighted by Crippen LogP contribution is 2.31. The smallest absolute Gasteiger partial charge is 0.254 e. The summed E-state index contributed by atoms with van der Waals surface area (Å²) < 4.78 is 5.33. The van der Waals surface area contributed by atoms with Crippen LogP contribution >= 0.6 is 0 Å². The van der Waals surface area contributed by atoms with Crippen LogP contribution in [0.5, 0.6) is 0 Å². The maximum absolute atomic E-state index is 12.8. The third-order valence-corrected chi connectivity index (χ3v) is 4.85. The molecule has 1 saturated heterocycles. The fraction of sp³-hybridized carbons (Fsp3) is 0.500. The van der Waals surface area contributed by atoms with Crippen LogP contribution in [-0.2, 0) is 11.2 Å². The Morgan fingerprint density at radius 1 is 1.30 bits per heavy atom. The molecule has 1 aliphatic rings. The average molecular weight is 370 g/mol. The van der Waals surface area contributed by atoms with Gasteiger partial charge >= 0.3 is 0 Å². The molecule has 1 atom stereocenters. The normalized spacial score (nSPS) is 16.5. The van der Waals surface area contributed by atoms with Crippen molar-refractivity contribution >= 4 is 11.8 Å². The number of aromatic nitrogens is 2. The highest BCUT2D eigenvalue weighted by atomic mass is 16.5. The fourth-order valence-electron chi connectivity index (χ4n) is 3.39. The zero-order chi connectivity index (χ0) is 19.2. The Hall–Kier alpha value is -2.70. The quantitative estimate of drug-likeness (QED) is 0.749. The van der Waals surface area contributed by atoms with Crippen LogP contribution in [0.3, 0.4) is 0 Å². The third-order valence-electron chi connectivity index (χ3n) is 4.85. The van der Waals surface area contributed by atoms with Crippen molar-refractivity contribution in [2.45, 2.75) is 45.1 Å². The molecule has 2 aromatic rings. The van der Waals surface area contributed by atoms with Crippen molar-refractivity contribution in [2.24, 2.45) is 0 Å². The summed E-state index contributed by atoms with van der Waals surface area (Å²) in [7, 11) is 1.80. The van der Waals surface area contributed by atoms with E-state index in [1.807, 2.05) is 42.2 Å². The summed E-state index contributed by atoms with van der Waals surface area (Å²) in [4.78, 5) is 32.8. The predicted molar refractivity (Wildman–Crippen MR) is 100 cm³/mol. The van der Waals surface area contributed by atoms with Gasteiger partial charge in [0.1, 0.15) is 0 Å². The number of carbonyl (C=O) groups excluding carboxylic acids is 2. The molecule has 1 aliphatic heterocycles. The summed E-state index contributed by atoms with van der Waals surface area (Å²) in [5.41, 5.74) is 0.665. The minimum absolute atomic E-state index is 0.0131. The van der Waals surface area contributed by atoms with Crippen molar-refractivity contribution in [3.63, 3.8) is 0 Å². The van der Waals surface area contributed by atoms with E-state index >= 15 is 0 Å². The molecular formula is C20H26N4O3. The minimum atomic E-state index is -0.173. The van der Waals surface area contributed by atoms with Gasteiger partial charge in [0, 0.05) is 38.5 Å². The molecule has 1 aromatic heterocycles. The Morgan fingerprint density at radius 3 is 2.81 bits per heavy atom. The standard InChI is InChI=1S/C20H26N4O3/c1-3-13-23(2)18(25)12-11-17-21-19(22-27-17)16-10-7-14-24(16)20(26)15-8-5-4-6-9-15/h4-6,8-9,16H,3,7,10-14H2,1-2H3. The van der Waals surface area contributed by atoms with E-state index < -0.39 is 0 Å². The molecule has 7 heteroatoms. The first-order valence-electron chi connectivity index (χ1n) is 9.52. The number of benzene rings is 1. The molecule has 3 rings (SSSR count). The van der Waals surface area contributed by atoms with Crippen LogP contribution in [0.1, 0.15) is 60.7 Å². The lowest BCUT2D eigenvalue weighted by molar-refractivity contribution is -0.129. The SMILES string of the molecule is CCCN(C)C(=O)CCc1nc(C2CCCN2C(=O)c2ccccc2)no1. The van der Waals surface area contributed by atoms with Crippen molar-refractivity contribution in [1.29, 1.82) is 0 Å². The van der Waals surface area contributed by atoms with Crippen LogP contribution in [0.2, 0.25) is 0 Å². The van der Waals surface area contributed by atoms with Crippen LogP contribution in [0, 0.1) is 0 Å². The monoisotopic (exact) mass is 370 g/mol. The zero-order valence-corrected chi connectivity index (χ0v) is 15.9. The lowest BCUT2D eigenvalue weighted by Crippen LogP contribution is -2.31. The second kappa shape index (κ2) is 8.79. The molecule has 7 nitrogen and oxygen atoms in total. The van der Waals surface area contributed by atoms with Crippen LogP contribution < -0.4 is 0 Å². The number of nitrogens with zero attached hydrogens (tertiary/aromatic N) is 4. The lowest BCUT2D eigenvalue weighted by atomic mass is 10.1. The van der Waals surface area contributed by atoms with Crippen LogP contribution in [-0.4, -0.2) is 51.9 Å². The van der Waals surface area contributed by atoms with E-state index in [0.29, 0.717) is 36.7 Å². The maximum atomic E-state index is 12.8. The maximum Gasteiger partial charge on any atom is 0.254 e. The minimum Gasteiger partial charge on any atom is -0.346 e. The predicted octanol–water partition coefficient (Wildman–Crippen LogP) is 2.85. The summed E-state index contributed by atoms with van der Waals surface area (Å²) in [5.74, 6) is 1.03. The number of rotatable bonds is 7. The molecule has 0 radical (unpaired) electrons. The first-order chi connectivity index (χ1) is 13.1. The van der Waals surface area contributed by atoms with E-state index in [0.717, 1.165) is 25.8 Å². The number of carbonyl (C=O) groups is 2. The van der Waals surface area contributed by atoms with Crippen molar-refractivity contribution in [1.82, 2.24) is 19.9 Å². The molecular weight excluding hydrogens is 344 g/mol. The van der Waals surface area contributed by atoms with E-state index in [9.17, 15) is 9.59 Å². The second-order valence-electron chi connectivity index (χ2n) is 6.88. The van der Waals surface area contributed by atoms with Crippen molar-refractivity contribution in [3.8, 4) is 0 Å². The van der Waals surface area contributed by atoms with Gasteiger partial charge in [0.05, 0.1) is 6.04 Å². The number of amides is 2. The fourth-order valence-corrected chi connectivity index (χ4v) is 3.39. The topological polar surface area (TPSA) is 79.5 Å². The highest BCUT2D eigenvalue weighted by molar-refractivity contribution is 5.94. The van der Waals surface area contributed by atoms with E-state index in [1.54, 1.807) is 11.9 Å². The van der Waals surface area contributed by atoms with Gasteiger partial charge in [0.2, 0.25) is 11.8 Å². The Labute approximate surface area is 159 Å². The largest absolute Gasteiger partial charge is 0.346 e. The summed E-state index contributed by atoms with van der Waals surface area (Å²) in [6.07, 6.45) is 3.41. The summed E-state index contributed by atoms with van der Waals surface area (Å²) >= 11 is 0. The molecule has 0 bridgehead atoms. The Kier molecular flexibility index (Phi) is 6.21. The van der Waals surface area contributed by atoms with Crippen LogP contribution in [0.25, 0.3) is 0 Å². The average Bonchev–Trinajstić information content (AvgIpc) is 3.35. The van der Waals surface area contributed by atoms with Crippen molar-refractivity contribution < 1.29 is 14.1 Å². The molecule has 2 heterocycles. The van der Waals surface area contributed by atoms with Crippen LogP contribution in [0.4, 0.5) is 0 Å². The number of hydrogen-bond acceptors (Lipinski definition) is 5. The molecule has 2 amide bonds. The first-order valence-corrected chi connectivity index (χ1v) is 9.52. The molecule has 1 aromatic carbocycles. The van der Waals surface area contributed by atoms with Gasteiger partial charge in [-0.1, -0.05) is 30.3 Å². The zero-order valence-electron chi connectivity index (χ0n) is 15.9. The van der Waals surface area contributed by atoms with E-state index in [4.69, 9.17) is 4.52 Å². The van der Waals surface area contributed by atoms with Gasteiger partial charge in [0.15, 0.2) is 5.82 Å². The molecule has 144 valence electrons. The summed E-state index contributed by atoms with van der Waals surface area (Å²) in [6, 6.07) is 9.07. The number of aryl methyl sites for hydroxylation is 1. The van der Waals surface area contributed by atoms with E-state index in [2.05, 4.69) is 10.1 Å². The number of likely N-dealkylation sites (tertiary alicyclic amines) is 1. The van der Waals surface area contributed by atoms with E-state index in [-0.39, 0.29) is 17.9 Å². The molecule has 0 N–H and O–H groups in total. The molecule has 1 unspecified atom stereocenters. The van der Waals surface area contributed by atoms with E-state index in [1.165, 1.54) is 0 Å². The summed E-state index contributed by atoms with van der Waals surface area (Å²) in [5, 5.41) is 4.08. The number of hydrogen-bond donors (Lipinski definition) is 0. The van der Waals surface area contributed by atoms with Gasteiger partial charge in [-0.2, -0.15) is 4.98 Å². The third kappa shape index (κ3) is 4.53. The van der Waals surface area contributed by atoms with Gasteiger partial charge in [-0.3, -0.25) is 9.59 Å². The Bertz CT molecular complexity index is 775. The second-order valence-corrected chi connectivity index (χ2v) is 6.88.